The first kappa shape index (κ1) is 23.9. The number of oxazole rings is 1. The van der Waals surface area contributed by atoms with Crippen LogP contribution >= 0.6 is 11.8 Å². The van der Waals surface area contributed by atoms with Gasteiger partial charge in [-0.1, -0.05) is 50.4 Å². The lowest BCUT2D eigenvalue weighted by atomic mass is 10.1. The molecule has 170 valence electrons. The Kier molecular flexibility index (Phi) is 8.36. The molecule has 0 aliphatic carbocycles. The minimum absolute atomic E-state index is 0.135. The Morgan fingerprint density at radius 1 is 1.31 bits per heavy atom. The fraction of sp³-hybridized carbons (Fsp3) is 0.360. The van der Waals surface area contributed by atoms with Crippen LogP contribution in [-0.4, -0.2) is 28.9 Å². The third-order valence-corrected chi connectivity index (χ3v) is 6.04. The molecule has 1 N–H and O–H groups in total. The fourth-order valence-corrected chi connectivity index (χ4v) is 3.80. The quantitative estimate of drug-likeness (QED) is 0.243. The number of ether oxygens (including phenoxy) is 2. The molecule has 3 rings (SSSR count). The maximum absolute atomic E-state index is 6.13. The second-order valence-electron chi connectivity index (χ2n) is 7.75. The van der Waals surface area contributed by atoms with Crippen LogP contribution in [0.3, 0.4) is 0 Å². The highest BCUT2D eigenvalue weighted by atomic mass is 32.2. The second kappa shape index (κ2) is 11.2. The maximum Gasteiger partial charge on any atom is 0.199 e. The highest BCUT2D eigenvalue weighted by molar-refractivity contribution is 8.03. The molecule has 0 saturated heterocycles. The molecule has 7 heteroatoms. The molecule has 0 fully saturated rings. The smallest absolute Gasteiger partial charge is 0.199 e. The summed E-state index contributed by atoms with van der Waals surface area (Å²) in [5, 5.41) is 8.82. The van der Waals surface area contributed by atoms with Gasteiger partial charge in [0, 0.05) is 29.9 Å². The highest BCUT2D eigenvalue weighted by Gasteiger charge is 2.20. The molecule has 0 aliphatic heterocycles. The van der Waals surface area contributed by atoms with E-state index < -0.39 is 0 Å². The molecule has 3 aromatic rings. The van der Waals surface area contributed by atoms with Crippen LogP contribution in [0.4, 0.5) is 0 Å². The number of hydrogen-bond donors (Lipinski definition) is 1. The van der Waals surface area contributed by atoms with E-state index in [1.54, 1.807) is 13.3 Å². The van der Waals surface area contributed by atoms with Crippen LogP contribution < -0.4 is 4.74 Å². The summed E-state index contributed by atoms with van der Waals surface area (Å²) < 4.78 is 17.4. The first-order valence-electron chi connectivity index (χ1n) is 10.7. The van der Waals surface area contributed by atoms with Crippen molar-refractivity contribution in [3.63, 3.8) is 0 Å². The number of rotatable bonds is 12. The average Bonchev–Trinajstić information content (AvgIpc) is 3.41. The van der Waals surface area contributed by atoms with Crippen LogP contribution in [0.2, 0.25) is 0 Å². The van der Waals surface area contributed by atoms with Crippen molar-refractivity contribution in [2.75, 3.05) is 13.7 Å². The normalized spacial score (nSPS) is 12.5. The van der Waals surface area contributed by atoms with Crippen LogP contribution in [0.1, 0.15) is 49.8 Å². The second-order valence-corrected chi connectivity index (χ2v) is 8.84. The van der Waals surface area contributed by atoms with E-state index in [0.717, 1.165) is 51.2 Å². The lowest BCUT2D eigenvalue weighted by molar-refractivity contribution is 0.184. The van der Waals surface area contributed by atoms with Gasteiger partial charge in [-0.05, 0) is 43.5 Å². The van der Waals surface area contributed by atoms with Crippen molar-refractivity contribution in [2.45, 2.75) is 51.2 Å². The molecule has 0 saturated carbocycles. The Bertz CT molecular complexity index is 1110. The number of methoxy groups -OCH3 is 1. The van der Waals surface area contributed by atoms with Crippen molar-refractivity contribution in [3.8, 4) is 5.75 Å². The van der Waals surface area contributed by atoms with Gasteiger partial charge in [0.15, 0.2) is 11.0 Å². The molecular formula is C25H31N3O3S. The van der Waals surface area contributed by atoms with Gasteiger partial charge in [-0.3, -0.25) is 5.10 Å². The van der Waals surface area contributed by atoms with E-state index in [9.17, 15) is 0 Å². The van der Waals surface area contributed by atoms with Gasteiger partial charge in [0.05, 0.1) is 11.7 Å². The van der Waals surface area contributed by atoms with Gasteiger partial charge in [0.1, 0.15) is 18.1 Å². The minimum atomic E-state index is 0.135. The number of nitrogens with zero attached hydrogens (tertiary/aromatic N) is 2. The first-order valence-corrected chi connectivity index (χ1v) is 11.5. The number of nitrogens with one attached hydrogen (secondary N) is 1. The minimum Gasteiger partial charge on any atom is -0.487 e. The van der Waals surface area contributed by atoms with Crippen LogP contribution in [-0.2, 0) is 11.3 Å². The molecule has 2 heterocycles. The monoisotopic (exact) mass is 453 g/mol. The number of hydrogen-bond acceptors (Lipinski definition) is 6. The van der Waals surface area contributed by atoms with Crippen molar-refractivity contribution in [3.05, 3.63) is 71.3 Å². The predicted octanol–water partition coefficient (Wildman–Crippen LogP) is 6.71. The Hall–Kier alpha value is -2.77. The van der Waals surface area contributed by atoms with Crippen LogP contribution in [0.5, 0.6) is 5.75 Å². The number of thioether (sulfide) groups is 1. The van der Waals surface area contributed by atoms with Gasteiger partial charge < -0.3 is 13.9 Å². The predicted molar refractivity (Wildman–Crippen MR) is 130 cm³/mol. The molecular weight excluding hydrogens is 422 g/mol. The number of benzene rings is 1. The van der Waals surface area contributed by atoms with Crippen molar-refractivity contribution >= 4 is 22.7 Å². The largest absolute Gasteiger partial charge is 0.487 e. The van der Waals surface area contributed by atoms with Crippen LogP contribution in [0, 0.1) is 6.92 Å². The SMILES string of the molecule is C=C(/C=C\C(=C)Sc1oc(C(C)CCOC)nc1COc1cc(C)c2[nH]ncc2c1)CC. The summed E-state index contributed by atoms with van der Waals surface area (Å²) in [4.78, 5) is 5.60. The molecule has 0 aliphatic rings. The fourth-order valence-electron chi connectivity index (χ4n) is 3.07. The van der Waals surface area contributed by atoms with Crippen LogP contribution in [0.15, 0.2) is 63.6 Å². The van der Waals surface area contributed by atoms with E-state index in [-0.39, 0.29) is 5.92 Å². The van der Waals surface area contributed by atoms with E-state index >= 15 is 0 Å². The van der Waals surface area contributed by atoms with Crippen molar-refractivity contribution in [1.29, 1.82) is 0 Å². The third-order valence-electron chi connectivity index (χ3n) is 5.13. The average molecular weight is 454 g/mol. The summed E-state index contributed by atoms with van der Waals surface area (Å²) in [5.74, 6) is 1.58. The van der Waals surface area contributed by atoms with E-state index in [2.05, 4.69) is 37.2 Å². The molecule has 0 radical (unpaired) electrons. The molecule has 2 aromatic heterocycles. The van der Waals surface area contributed by atoms with Crippen molar-refractivity contribution < 1.29 is 13.9 Å². The summed E-state index contributed by atoms with van der Waals surface area (Å²) in [7, 11) is 1.70. The molecule has 1 aromatic carbocycles. The van der Waals surface area contributed by atoms with Gasteiger partial charge in [-0.25, -0.2) is 4.98 Å². The molecule has 1 atom stereocenters. The zero-order valence-corrected chi connectivity index (χ0v) is 20.1. The van der Waals surface area contributed by atoms with Gasteiger partial charge in [0.2, 0.25) is 0 Å². The van der Waals surface area contributed by atoms with E-state index in [1.807, 2.05) is 31.2 Å². The summed E-state index contributed by atoms with van der Waals surface area (Å²) in [5.41, 5.74) is 3.89. The van der Waals surface area contributed by atoms with Gasteiger partial charge in [-0.2, -0.15) is 5.10 Å². The number of aromatic amines is 1. The maximum atomic E-state index is 6.13. The molecule has 0 amide bonds. The summed E-state index contributed by atoms with van der Waals surface area (Å²) >= 11 is 1.45. The Morgan fingerprint density at radius 3 is 2.88 bits per heavy atom. The zero-order chi connectivity index (χ0) is 23.1. The zero-order valence-electron chi connectivity index (χ0n) is 19.2. The van der Waals surface area contributed by atoms with Gasteiger partial charge >= 0.3 is 0 Å². The van der Waals surface area contributed by atoms with Crippen molar-refractivity contribution in [2.24, 2.45) is 0 Å². The first-order chi connectivity index (χ1) is 15.4. The van der Waals surface area contributed by atoms with Crippen LogP contribution in [0.25, 0.3) is 10.9 Å². The molecule has 32 heavy (non-hydrogen) atoms. The molecule has 0 bridgehead atoms. The van der Waals surface area contributed by atoms with E-state index in [0.29, 0.717) is 24.2 Å². The third kappa shape index (κ3) is 6.14. The molecule has 6 nitrogen and oxygen atoms in total. The topological polar surface area (TPSA) is 73.2 Å². The Labute approximate surface area is 193 Å². The van der Waals surface area contributed by atoms with E-state index in [1.165, 1.54) is 11.8 Å². The van der Waals surface area contributed by atoms with Crippen molar-refractivity contribution in [1.82, 2.24) is 15.2 Å². The van der Waals surface area contributed by atoms with E-state index in [4.69, 9.17) is 18.9 Å². The lowest BCUT2D eigenvalue weighted by Crippen LogP contribution is -2.01. The molecule has 1 unspecified atom stereocenters. The van der Waals surface area contributed by atoms with Gasteiger partial charge in [-0.15, -0.1) is 0 Å². The number of H-pyrrole nitrogens is 1. The Morgan fingerprint density at radius 2 is 2.12 bits per heavy atom. The number of fused-ring (bicyclic) bond motifs is 1. The number of aryl methyl sites for hydroxylation is 1. The standard InChI is InChI=1S/C25H31N3O3S/c1-7-16(2)8-9-19(5)32-25-22(27-24(31-25)17(3)10-11-29-6)15-30-21-12-18(4)23-20(13-21)14-26-28-23/h8-9,12-14,17H,2,5,7,10-11,15H2,1,3-4,6H3,(H,26,28)/b9-8-. The summed E-state index contributed by atoms with van der Waals surface area (Å²) in [6.07, 6.45) is 7.45. The lowest BCUT2D eigenvalue weighted by Gasteiger charge is -2.07. The molecule has 0 spiro atoms. The highest BCUT2D eigenvalue weighted by Crippen LogP contribution is 2.34. The Balaban J connectivity index is 1.79. The van der Waals surface area contributed by atoms with Gasteiger partial charge in [0.25, 0.3) is 0 Å². The number of aromatic nitrogens is 3. The summed E-state index contributed by atoms with van der Waals surface area (Å²) in [6, 6.07) is 3.96. The number of allylic oxidation sites excluding steroid dienone is 3. The summed E-state index contributed by atoms with van der Waals surface area (Å²) in [6.45, 7) is 15.3.